The van der Waals surface area contributed by atoms with Gasteiger partial charge in [0.25, 0.3) is 0 Å². The Morgan fingerprint density at radius 3 is 2.11 bits per heavy atom. The Morgan fingerprint density at radius 1 is 0.964 bits per heavy atom. The van der Waals surface area contributed by atoms with Gasteiger partial charge in [0.05, 0.1) is 0 Å². The van der Waals surface area contributed by atoms with E-state index in [2.05, 4.69) is 13.8 Å². The molecule has 7 heteroatoms. The Bertz CT molecular complexity index is 778. The monoisotopic (exact) mass is 392 g/mol. The first-order valence-corrected chi connectivity index (χ1v) is 9.64. The fourth-order valence-corrected chi connectivity index (χ4v) is 5.60. The highest BCUT2D eigenvalue weighted by molar-refractivity contribution is 6.10. The fraction of sp³-hybridized carbons (Fsp3) is 0.714. The predicted octanol–water partition coefficient (Wildman–Crippen LogP) is 2.36. The molecule has 0 amide bonds. The number of carbonyl (C=O) groups excluding carboxylic acids is 4. The molecule has 0 aliphatic heterocycles. The number of hydrogen-bond donors (Lipinski definition) is 0. The average molecular weight is 392 g/mol. The highest BCUT2D eigenvalue weighted by Crippen LogP contribution is 2.66. The van der Waals surface area contributed by atoms with Crippen molar-refractivity contribution in [3.8, 4) is 0 Å². The molecule has 3 aliphatic rings. The maximum atomic E-state index is 13.0. The van der Waals surface area contributed by atoms with Crippen molar-refractivity contribution in [2.24, 2.45) is 22.7 Å². The fourth-order valence-electron chi connectivity index (χ4n) is 5.60. The molecule has 0 spiro atoms. The number of fused-ring (bicyclic) bond motifs is 3. The van der Waals surface area contributed by atoms with Crippen LogP contribution in [0.2, 0.25) is 0 Å². The maximum Gasteiger partial charge on any atom is 0.303 e. The summed E-state index contributed by atoms with van der Waals surface area (Å²) in [5.41, 5.74) is 0.330. The maximum absolute atomic E-state index is 13.0. The first kappa shape index (κ1) is 20.6. The minimum Gasteiger partial charge on any atom is -0.461 e. The van der Waals surface area contributed by atoms with Gasteiger partial charge in [0.1, 0.15) is 12.7 Å². The number of ketones is 1. The van der Waals surface area contributed by atoms with Crippen LogP contribution in [-0.4, -0.2) is 42.5 Å². The van der Waals surface area contributed by atoms with Crippen molar-refractivity contribution in [3.05, 3.63) is 11.1 Å². The van der Waals surface area contributed by atoms with Crippen LogP contribution in [-0.2, 0) is 33.4 Å². The molecule has 0 heterocycles. The first-order chi connectivity index (χ1) is 12.9. The molecule has 2 fully saturated rings. The van der Waals surface area contributed by atoms with Crippen molar-refractivity contribution in [1.82, 2.24) is 0 Å². The lowest BCUT2D eigenvalue weighted by Gasteiger charge is -2.57. The number of hydrogen-bond acceptors (Lipinski definition) is 7. The zero-order valence-electron chi connectivity index (χ0n) is 17.3. The minimum absolute atomic E-state index is 0.0157. The highest BCUT2D eigenvalue weighted by Gasteiger charge is 2.69. The van der Waals surface area contributed by atoms with E-state index in [9.17, 15) is 19.2 Å². The summed E-state index contributed by atoms with van der Waals surface area (Å²) >= 11 is 0. The summed E-state index contributed by atoms with van der Waals surface area (Å²) in [4.78, 5) is 47.8. The Balaban J connectivity index is 2.12. The molecule has 0 radical (unpaired) electrons. The van der Waals surface area contributed by atoms with Crippen molar-refractivity contribution >= 4 is 23.7 Å². The van der Waals surface area contributed by atoms with E-state index in [1.807, 2.05) is 6.92 Å². The highest BCUT2D eigenvalue weighted by atomic mass is 16.6. The third kappa shape index (κ3) is 3.14. The smallest absolute Gasteiger partial charge is 0.303 e. The Kier molecular flexibility index (Phi) is 4.92. The molecule has 0 aromatic carbocycles. The first-order valence-electron chi connectivity index (χ1n) is 9.64. The average Bonchev–Trinajstić information content (AvgIpc) is 2.89. The predicted molar refractivity (Wildman–Crippen MR) is 97.9 cm³/mol. The summed E-state index contributed by atoms with van der Waals surface area (Å²) in [5, 5.41) is 0. The molecule has 3 aliphatic carbocycles. The van der Waals surface area contributed by atoms with E-state index in [1.165, 1.54) is 20.8 Å². The van der Waals surface area contributed by atoms with Gasteiger partial charge in [-0.1, -0.05) is 20.8 Å². The lowest BCUT2D eigenvalue weighted by molar-refractivity contribution is -0.177. The molecule has 0 aromatic heterocycles. The van der Waals surface area contributed by atoms with Crippen LogP contribution in [0, 0.1) is 22.7 Å². The molecule has 28 heavy (non-hydrogen) atoms. The molecule has 0 saturated heterocycles. The lowest BCUT2D eigenvalue weighted by Crippen LogP contribution is -2.65. The van der Waals surface area contributed by atoms with Crippen molar-refractivity contribution in [2.75, 3.05) is 6.61 Å². The van der Waals surface area contributed by atoms with Crippen LogP contribution in [0.15, 0.2) is 11.1 Å². The molecule has 5 atom stereocenters. The van der Waals surface area contributed by atoms with Gasteiger partial charge in [-0.15, -0.1) is 0 Å². The van der Waals surface area contributed by atoms with Crippen LogP contribution in [0.4, 0.5) is 0 Å². The SMILES string of the molecule is CC(=O)OCC1=C2C(=O)C(OC(C)=O)C2(C)C2CC(C)(C)CC2C1OC(C)=O. The Morgan fingerprint density at radius 2 is 1.57 bits per heavy atom. The molecule has 0 aromatic rings. The second-order valence-electron chi connectivity index (χ2n) is 9.19. The summed E-state index contributed by atoms with van der Waals surface area (Å²) in [6.07, 6.45) is 0.144. The second kappa shape index (κ2) is 6.71. The molecular weight excluding hydrogens is 364 g/mol. The van der Waals surface area contributed by atoms with Gasteiger partial charge in [-0.2, -0.15) is 0 Å². The summed E-state index contributed by atoms with van der Waals surface area (Å²) in [6, 6.07) is 0. The van der Waals surface area contributed by atoms with Crippen LogP contribution < -0.4 is 0 Å². The van der Waals surface area contributed by atoms with Crippen molar-refractivity contribution in [1.29, 1.82) is 0 Å². The largest absolute Gasteiger partial charge is 0.461 e. The molecular formula is C21H28O7. The van der Waals surface area contributed by atoms with E-state index in [0.717, 1.165) is 12.8 Å². The van der Waals surface area contributed by atoms with E-state index in [1.54, 1.807) is 0 Å². The normalized spacial score (nSPS) is 35.4. The molecule has 3 rings (SSSR count). The topological polar surface area (TPSA) is 96.0 Å². The molecule has 2 saturated carbocycles. The van der Waals surface area contributed by atoms with Crippen molar-refractivity contribution in [3.63, 3.8) is 0 Å². The van der Waals surface area contributed by atoms with Crippen molar-refractivity contribution < 1.29 is 33.4 Å². The summed E-state index contributed by atoms with van der Waals surface area (Å²) in [6.45, 7) is 10.0. The van der Waals surface area contributed by atoms with Gasteiger partial charge in [0.15, 0.2) is 6.10 Å². The Hall–Kier alpha value is -2.18. The minimum atomic E-state index is -0.855. The molecule has 0 bridgehead atoms. The van der Waals surface area contributed by atoms with E-state index in [-0.39, 0.29) is 29.6 Å². The zero-order chi connectivity index (χ0) is 21.0. The third-order valence-electron chi connectivity index (χ3n) is 6.48. The van der Waals surface area contributed by atoms with Crippen LogP contribution in [0.5, 0.6) is 0 Å². The number of Topliss-reactive ketones (excluding diaryl/α,β-unsaturated/α-hetero) is 1. The van der Waals surface area contributed by atoms with E-state index in [4.69, 9.17) is 14.2 Å². The van der Waals surface area contributed by atoms with Gasteiger partial charge in [0.2, 0.25) is 5.78 Å². The van der Waals surface area contributed by atoms with Gasteiger partial charge < -0.3 is 14.2 Å². The lowest BCUT2D eigenvalue weighted by atomic mass is 9.48. The van der Waals surface area contributed by atoms with Crippen LogP contribution in [0.3, 0.4) is 0 Å². The van der Waals surface area contributed by atoms with Gasteiger partial charge in [-0.05, 0) is 24.2 Å². The molecule has 5 unspecified atom stereocenters. The van der Waals surface area contributed by atoms with Gasteiger partial charge >= 0.3 is 17.9 Å². The third-order valence-corrected chi connectivity index (χ3v) is 6.48. The van der Waals surface area contributed by atoms with E-state index in [0.29, 0.717) is 11.1 Å². The van der Waals surface area contributed by atoms with E-state index >= 15 is 0 Å². The standard InChI is InChI=1S/C21H28O7/c1-10(22)26-9-14-16-17(25)19(28-12(3)24)21(16,6)15-8-20(4,5)7-13(15)18(14)27-11(2)23/h13,15,18-19H,7-9H2,1-6H3. The zero-order valence-corrected chi connectivity index (χ0v) is 17.3. The summed E-state index contributed by atoms with van der Waals surface area (Å²) in [7, 11) is 0. The Labute approximate surface area is 164 Å². The molecule has 154 valence electrons. The van der Waals surface area contributed by atoms with Crippen molar-refractivity contribution in [2.45, 2.75) is 66.6 Å². The number of rotatable bonds is 4. The number of ether oxygens (including phenoxy) is 3. The van der Waals surface area contributed by atoms with Gasteiger partial charge in [0, 0.05) is 43.3 Å². The molecule has 7 nitrogen and oxygen atoms in total. The number of carbonyl (C=O) groups is 4. The van der Waals surface area contributed by atoms with E-state index < -0.39 is 35.5 Å². The number of esters is 3. The van der Waals surface area contributed by atoms with Crippen LogP contribution >= 0.6 is 0 Å². The van der Waals surface area contributed by atoms with Gasteiger partial charge in [-0.25, -0.2) is 0 Å². The van der Waals surface area contributed by atoms with Crippen LogP contribution in [0.1, 0.15) is 54.4 Å². The van der Waals surface area contributed by atoms with Gasteiger partial charge in [-0.3, -0.25) is 19.2 Å². The molecule has 0 N–H and O–H groups in total. The summed E-state index contributed by atoms with van der Waals surface area (Å²) in [5.74, 6) is -1.74. The quantitative estimate of drug-likeness (QED) is 0.535. The second-order valence-corrected chi connectivity index (χ2v) is 9.19. The van der Waals surface area contributed by atoms with Crippen LogP contribution in [0.25, 0.3) is 0 Å². The summed E-state index contributed by atoms with van der Waals surface area (Å²) < 4.78 is 16.3.